The first-order valence-electron chi connectivity index (χ1n) is 15.2. The summed E-state index contributed by atoms with van der Waals surface area (Å²) in [7, 11) is 0. The maximum absolute atomic E-state index is 8.15. The molecule has 4 aromatic heterocycles. The molecule has 0 amide bonds. The second-order valence-corrected chi connectivity index (χ2v) is 11.3. The van der Waals surface area contributed by atoms with Crippen LogP contribution in [0, 0.1) is 6.57 Å². The van der Waals surface area contributed by atoms with E-state index in [1.807, 2.05) is 42.6 Å². The summed E-state index contributed by atoms with van der Waals surface area (Å²) in [6, 6.07) is 49.8. The van der Waals surface area contributed by atoms with Crippen molar-refractivity contribution in [2.45, 2.75) is 0 Å². The third kappa shape index (κ3) is 3.81. The molecule has 0 saturated carbocycles. The number of pyridine rings is 2. The Labute approximate surface area is 265 Å². The molecule has 0 saturated heterocycles. The van der Waals surface area contributed by atoms with Crippen LogP contribution in [0.4, 0.5) is 5.69 Å². The van der Waals surface area contributed by atoms with Gasteiger partial charge in [0.25, 0.3) is 0 Å². The monoisotopic (exact) mass is 587 g/mol. The summed E-state index contributed by atoms with van der Waals surface area (Å²) in [6.45, 7) is 8.15. The van der Waals surface area contributed by atoms with Gasteiger partial charge in [-0.1, -0.05) is 91.0 Å². The predicted octanol–water partition coefficient (Wildman–Crippen LogP) is 10.6. The molecule has 9 rings (SSSR count). The molecule has 214 valence electrons. The topological polar surface area (TPSA) is 40.0 Å². The average Bonchev–Trinajstić information content (AvgIpc) is 3.64. The Kier molecular flexibility index (Phi) is 5.81. The Morgan fingerprint density at radius 2 is 0.935 bits per heavy atom. The van der Waals surface area contributed by atoms with Crippen LogP contribution < -0.4 is 0 Å². The van der Waals surface area contributed by atoms with E-state index in [-0.39, 0.29) is 0 Å². The van der Waals surface area contributed by atoms with Gasteiger partial charge in [0.05, 0.1) is 45.7 Å². The number of aromatic nitrogens is 4. The maximum Gasteiger partial charge on any atom is 0.198 e. The van der Waals surface area contributed by atoms with Gasteiger partial charge in [-0.3, -0.25) is 4.98 Å². The highest BCUT2D eigenvalue weighted by atomic mass is 15.0. The zero-order valence-corrected chi connectivity index (χ0v) is 24.7. The van der Waals surface area contributed by atoms with E-state index in [0.29, 0.717) is 5.69 Å². The van der Waals surface area contributed by atoms with Crippen LogP contribution in [0.3, 0.4) is 0 Å². The lowest BCUT2D eigenvalue weighted by atomic mass is 10.0. The van der Waals surface area contributed by atoms with E-state index < -0.39 is 0 Å². The molecule has 0 bridgehead atoms. The van der Waals surface area contributed by atoms with Gasteiger partial charge in [0.2, 0.25) is 0 Å². The molecule has 0 aliphatic carbocycles. The zero-order valence-electron chi connectivity index (χ0n) is 24.7. The number of fused-ring (bicyclic) bond motifs is 6. The Hall–Kier alpha value is -6.51. The van der Waals surface area contributed by atoms with Gasteiger partial charge in [-0.2, -0.15) is 0 Å². The van der Waals surface area contributed by atoms with Crippen molar-refractivity contribution in [1.82, 2.24) is 19.1 Å². The molecule has 9 aromatic rings. The normalized spacial score (nSPS) is 11.5. The van der Waals surface area contributed by atoms with E-state index in [1.54, 1.807) is 0 Å². The Morgan fingerprint density at radius 3 is 1.50 bits per heavy atom. The van der Waals surface area contributed by atoms with Crippen molar-refractivity contribution in [2.24, 2.45) is 0 Å². The molecular formula is C41H25N5. The number of rotatable bonds is 4. The fraction of sp³-hybridized carbons (Fsp3) is 0. The summed E-state index contributed by atoms with van der Waals surface area (Å²) < 4.78 is 4.53. The molecule has 5 nitrogen and oxygen atoms in total. The highest BCUT2D eigenvalue weighted by molar-refractivity contribution is 6.11. The molecule has 0 aliphatic rings. The SMILES string of the molecule is [C-]#[N+]c1cccc(-n2c3ccccc3c3ccccc32)c1-c1cccc(-c2ncccc2-n2c3ccccc3c3ccccc32)n1. The fourth-order valence-corrected chi connectivity index (χ4v) is 6.91. The second kappa shape index (κ2) is 10.3. The first-order chi connectivity index (χ1) is 22.8. The predicted molar refractivity (Wildman–Crippen MR) is 188 cm³/mol. The highest BCUT2D eigenvalue weighted by Gasteiger charge is 2.21. The summed E-state index contributed by atoms with van der Waals surface area (Å²) in [5.41, 5.74) is 9.83. The van der Waals surface area contributed by atoms with E-state index in [1.165, 1.54) is 21.5 Å². The third-order valence-electron chi connectivity index (χ3n) is 8.82. The van der Waals surface area contributed by atoms with Crippen LogP contribution in [0.2, 0.25) is 0 Å². The molecule has 5 heteroatoms. The van der Waals surface area contributed by atoms with Gasteiger partial charge in [0, 0.05) is 39.0 Å². The van der Waals surface area contributed by atoms with Gasteiger partial charge in [-0.05, 0) is 54.6 Å². The van der Waals surface area contributed by atoms with Crippen molar-refractivity contribution < 1.29 is 0 Å². The first-order valence-corrected chi connectivity index (χ1v) is 15.2. The van der Waals surface area contributed by atoms with E-state index in [4.69, 9.17) is 16.5 Å². The fourth-order valence-electron chi connectivity index (χ4n) is 6.91. The summed E-state index contributed by atoms with van der Waals surface area (Å²) in [5.74, 6) is 0. The van der Waals surface area contributed by atoms with Gasteiger partial charge < -0.3 is 9.13 Å². The van der Waals surface area contributed by atoms with E-state index >= 15 is 0 Å². The molecule has 46 heavy (non-hydrogen) atoms. The van der Waals surface area contributed by atoms with E-state index in [0.717, 1.165) is 56.1 Å². The van der Waals surface area contributed by atoms with Gasteiger partial charge >= 0.3 is 0 Å². The molecule has 0 spiro atoms. The number of nitrogens with zero attached hydrogens (tertiary/aromatic N) is 5. The lowest BCUT2D eigenvalue weighted by molar-refractivity contribution is 1.13. The second-order valence-electron chi connectivity index (χ2n) is 11.3. The molecule has 0 unspecified atom stereocenters. The third-order valence-corrected chi connectivity index (χ3v) is 8.82. The van der Waals surface area contributed by atoms with E-state index in [9.17, 15) is 0 Å². The molecule has 0 N–H and O–H groups in total. The lowest BCUT2D eigenvalue weighted by Crippen LogP contribution is -2.01. The lowest BCUT2D eigenvalue weighted by Gasteiger charge is -2.16. The Balaban J connectivity index is 1.29. The molecular weight excluding hydrogens is 562 g/mol. The minimum atomic E-state index is 0.549. The number of benzene rings is 5. The minimum absolute atomic E-state index is 0.549. The van der Waals surface area contributed by atoms with Crippen LogP contribution in [-0.4, -0.2) is 19.1 Å². The van der Waals surface area contributed by atoms with Gasteiger partial charge in [-0.25, -0.2) is 9.83 Å². The van der Waals surface area contributed by atoms with Gasteiger partial charge in [0.15, 0.2) is 5.69 Å². The van der Waals surface area contributed by atoms with Crippen LogP contribution in [0.1, 0.15) is 0 Å². The molecule has 0 radical (unpaired) electrons. The summed E-state index contributed by atoms with van der Waals surface area (Å²) >= 11 is 0. The van der Waals surface area contributed by atoms with Crippen LogP contribution >= 0.6 is 0 Å². The molecule has 0 atom stereocenters. The van der Waals surface area contributed by atoms with Gasteiger partial charge in [0.1, 0.15) is 5.69 Å². The summed E-state index contributed by atoms with van der Waals surface area (Å²) in [5, 5.41) is 4.72. The zero-order chi connectivity index (χ0) is 30.6. The Morgan fingerprint density at radius 1 is 0.457 bits per heavy atom. The molecule has 5 aromatic carbocycles. The van der Waals surface area contributed by atoms with Crippen LogP contribution in [0.5, 0.6) is 0 Å². The van der Waals surface area contributed by atoms with Crippen molar-refractivity contribution >= 4 is 49.3 Å². The maximum atomic E-state index is 8.15. The van der Waals surface area contributed by atoms with Crippen LogP contribution in [0.25, 0.3) is 82.5 Å². The first kappa shape index (κ1) is 25.9. The molecule has 0 fully saturated rings. The quantitative estimate of drug-likeness (QED) is 0.192. The van der Waals surface area contributed by atoms with Crippen molar-refractivity contribution in [3.8, 4) is 34.0 Å². The smallest absolute Gasteiger partial charge is 0.198 e. The highest BCUT2D eigenvalue weighted by Crippen LogP contribution is 2.41. The van der Waals surface area contributed by atoms with Crippen molar-refractivity contribution in [2.75, 3.05) is 0 Å². The number of para-hydroxylation sites is 4. The van der Waals surface area contributed by atoms with Crippen molar-refractivity contribution in [3.05, 3.63) is 163 Å². The van der Waals surface area contributed by atoms with Gasteiger partial charge in [-0.15, -0.1) is 0 Å². The largest absolute Gasteiger partial charge is 0.310 e. The van der Waals surface area contributed by atoms with Crippen LogP contribution in [-0.2, 0) is 0 Å². The summed E-state index contributed by atoms with van der Waals surface area (Å²) in [6.07, 6.45) is 1.82. The number of hydrogen-bond acceptors (Lipinski definition) is 2. The van der Waals surface area contributed by atoms with Crippen molar-refractivity contribution in [3.63, 3.8) is 0 Å². The minimum Gasteiger partial charge on any atom is -0.310 e. The van der Waals surface area contributed by atoms with E-state index in [2.05, 4.69) is 123 Å². The molecule has 0 aliphatic heterocycles. The van der Waals surface area contributed by atoms with Crippen LogP contribution in [0.15, 0.2) is 152 Å². The summed E-state index contributed by atoms with van der Waals surface area (Å²) in [4.78, 5) is 14.1. The van der Waals surface area contributed by atoms with Crippen molar-refractivity contribution in [1.29, 1.82) is 0 Å². The average molecular weight is 588 g/mol. The number of hydrogen-bond donors (Lipinski definition) is 0. The Bertz CT molecular complexity index is 2560. The standard InChI is InChI=1S/C41H25N5/c1-42-31-17-11-24-38(45-34-20-6-2-13-27(34)28-14-3-7-21-35(28)45)40(31)32-18-10-19-33(44-32)41-39(25-12-26-43-41)46-36-22-8-4-15-29(36)30-16-5-9-23-37(30)46/h2-26H. The molecule has 4 heterocycles.